The second kappa shape index (κ2) is 6.91. The molecule has 0 unspecified atom stereocenters. The van der Waals surface area contributed by atoms with E-state index >= 15 is 0 Å². The van der Waals surface area contributed by atoms with Gasteiger partial charge in [0.25, 0.3) is 0 Å². The van der Waals surface area contributed by atoms with E-state index in [4.69, 9.17) is 0 Å². The van der Waals surface area contributed by atoms with Crippen LogP contribution in [-0.2, 0) is 12.7 Å². The Labute approximate surface area is 164 Å². The molecular formula is C17H14F3IN4S. The van der Waals surface area contributed by atoms with Crippen molar-refractivity contribution in [1.29, 1.82) is 0 Å². The molecule has 1 aromatic carbocycles. The van der Waals surface area contributed by atoms with E-state index in [-0.39, 0.29) is 0 Å². The summed E-state index contributed by atoms with van der Waals surface area (Å²) in [6.07, 6.45) is 1.31. The lowest BCUT2D eigenvalue weighted by Gasteiger charge is -2.24. The number of benzene rings is 1. The predicted molar refractivity (Wildman–Crippen MR) is 105 cm³/mol. The molecule has 2 heterocycles. The minimum atomic E-state index is -4.31. The van der Waals surface area contributed by atoms with Gasteiger partial charge in [-0.1, -0.05) is 12.1 Å². The number of halogens is 4. The summed E-state index contributed by atoms with van der Waals surface area (Å²) < 4.78 is 40.3. The van der Waals surface area contributed by atoms with E-state index in [1.807, 2.05) is 16.2 Å². The van der Waals surface area contributed by atoms with Crippen LogP contribution in [0.2, 0.25) is 0 Å². The van der Waals surface area contributed by atoms with Gasteiger partial charge in [-0.2, -0.15) is 13.2 Å². The van der Waals surface area contributed by atoms with Gasteiger partial charge in [-0.15, -0.1) is 0 Å². The molecule has 26 heavy (non-hydrogen) atoms. The van der Waals surface area contributed by atoms with Crippen LogP contribution in [0.25, 0.3) is 11.0 Å². The van der Waals surface area contributed by atoms with Crippen LogP contribution >= 0.6 is 30.3 Å². The van der Waals surface area contributed by atoms with Crippen molar-refractivity contribution in [3.8, 4) is 0 Å². The third-order valence-corrected chi connectivity index (χ3v) is 6.11. The van der Waals surface area contributed by atoms with Crippen LogP contribution in [0.4, 0.5) is 19.0 Å². The molecule has 4 rings (SSSR count). The van der Waals surface area contributed by atoms with Gasteiger partial charge in [-0.3, -0.25) is 3.97 Å². The highest BCUT2D eigenvalue weighted by Gasteiger charge is 2.32. The maximum absolute atomic E-state index is 12.8. The molecule has 2 aromatic heterocycles. The molecular weight excluding hydrogens is 476 g/mol. The van der Waals surface area contributed by atoms with E-state index < -0.39 is 11.7 Å². The molecule has 9 heteroatoms. The Morgan fingerprint density at radius 2 is 1.88 bits per heavy atom. The molecule has 1 fully saturated rings. The zero-order valence-electron chi connectivity index (χ0n) is 13.4. The van der Waals surface area contributed by atoms with E-state index in [0.29, 0.717) is 12.6 Å². The largest absolute Gasteiger partial charge is 0.416 e. The fraction of sp³-hybridized carbons (Fsp3) is 0.294. The first-order valence-corrected chi connectivity index (χ1v) is 11.3. The molecule has 1 saturated carbocycles. The minimum Gasteiger partial charge on any atom is -0.349 e. The van der Waals surface area contributed by atoms with Crippen LogP contribution in [0.1, 0.15) is 24.0 Å². The molecule has 0 aliphatic heterocycles. The maximum Gasteiger partial charge on any atom is 0.416 e. The van der Waals surface area contributed by atoms with E-state index in [9.17, 15) is 13.2 Å². The lowest BCUT2D eigenvalue weighted by molar-refractivity contribution is -0.137. The Hall–Kier alpha value is -1.49. The van der Waals surface area contributed by atoms with Gasteiger partial charge < -0.3 is 4.90 Å². The van der Waals surface area contributed by atoms with Crippen molar-refractivity contribution in [3.63, 3.8) is 0 Å². The zero-order chi connectivity index (χ0) is 18.3. The van der Waals surface area contributed by atoms with E-state index in [1.165, 1.54) is 9.12 Å². The summed E-state index contributed by atoms with van der Waals surface area (Å²) in [5.74, 6) is 0.835. The number of nitrogens with zero attached hydrogens (tertiary/aromatic N) is 4. The van der Waals surface area contributed by atoms with Crippen molar-refractivity contribution < 1.29 is 13.2 Å². The van der Waals surface area contributed by atoms with Gasteiger partial charge in [0.2, 0.25) is 0 Å². The third-order valence-electron chi connectivity index (χ3n) is 4.40. The number of hydrogen-bond acceptors (Lipinski definition) is 4. The van der Waals surface area contributed by atoms with Crippen molar-refractivity contribution in [3.05, 3.63) is 54.0 Å². The first-order valence-electron chi connectivity index (χ1n) is 8.01. The Morgan fingerprint density at radius 3 is 2.50 bits per heavy atom. The van der Waals surface area contributed by atoms with E-state index in [0.717, 1.165) is 47.4 Å². The van der Waals surface area contributed by atoms with Crippen LogP contribution < -0.4 is 4.90 Å². The van der Waals surface area contributed by atoms with Crippen molar-refractivity contribution in [2.24, 2.45) is 0 Å². The smallest absolute Gasteiger partial charge is 0.349 e. The minimum absolute atomic E-state index is 0.367. The molecule has 4 nitrogen and oxygen atoms in total. The lowest BCUT2D eigenvalue weighted by atomic mass is 10.1. The van der Waals surface area contributed by atoms with Crippen molar-refractivity contribution in [2.45, 2.75) is 31.6 Å². The predicted octanol–water partition coefficient (Wildman–Crippen LogP) is 5.47. The standard InChI is InChI=1S/C17H14F3IN4S/c18-17(19,20)12-3-1-11(2-4-12)9-24(13-5-6-13)15-14-7-8-25(26-21)16(14)23-10-22-15/h1-4,7-8,10,13H,5-6,9H2. The summed E-state index contributed by atoms with van der Waals surface area (Å²) in [6, 6.07) is 7.72. The molecule has 1 aliphatic rings. The highest BCUT2D eigenvalue weighted by atomic mass is 127. The van der Waals surface area contributed by atoms with Crippen LogP contribution in [-0.4, -0.2) is 20.0 Å². The van der Waals surface area contributed by atoms with Crippen LogP contribution in [0.15, 0.2) is 42.9 Å². The molecule has 0 atom stereocenters. The van der Waals surface area contributed by atoms with Crippen LogP contribution in [0.3, 0.4) is 0 Å². The summed E-state index contributed by atoms with van der Waals surface area (Å²) in [6.45, 7) is 0.525. The van der Waals surface area contributed by atoms with Gasteiger partial charge in [0.1, 0.15) is 12.1 Å². The lowest BCUT2D eigenvalue weighted by Crippen LogP contribution is -2.26. The van der Waals surface area contributed by atoms with Crippen LogP contribution in [0, 0.1) is 0 Å². The second-order valence-corrected chi connectivity index (χ2v) is 7.91. The van der Waals surface area contributed by atoms with Gasteiger partial charge in [0.05, 0.1) is 10.9 Å². The molecule has 1 aliphatic carbocycles. The SMILES string of the molecule is FC(F)(F)c1ccc(CN(c2ncnc3c2ccn3SI)C2CC2)cc1. The summed E-state index contributed by atoms with van der Waals surface area (Å²) >= 11 is 2.19. The van der Waals surface area contributed by atoms with Gasteiger partial charge in [-0.25, -0.2) is 9.97 Å². The molecule has 0 radical (unpaired) electrons. The molecule has 3 aromatic rings. The third kappa shape index (κ3) is 3.51. The monoisotopic (exact) mass is 490 g/mol. The fourth-order valence-electron chi connectivity index (χ4n) is 2.96. The molecule has 0 amide bonds. The Morgan fingerprint density at radius 1 is 1.15 bits per heavy atom. The van der Waals surface area contributed by atoms with Crippen molar-refractivity contribution in [2.75, 3.05) is 4.90 Å². The molecule has 0 N–H and O–H groups in total. The van der Waals surface area contributed by atoms with Crippen molar-refractivity contribution in [1.82, 2.24) is 13.9 Å². The number of hydrogen-bond donors (Lipinski definition) is 0. The number of rotatable bonds is 5. The highest BCUT2D eigenvalue weighted by Crippen LogP contribution is 2.37. The van der Waals surface area contributed by atoms with E-state index in [1.54, 1.807) is 18.5 Å². The average molecular weight is 490 g/mol. The topological polar surface area (TPSA) is 34.0 Å². The zero-order valence-corrected chi connectivity index (χ0v) is 16.4. The number of aromatic nitrogens is 3. The average Bonchev–Trinajstić information content (AvgIpc) is 3.38. The van der Waals surface area contributed by atoms with Gasteiger partial charge >= 0.3 is 6.18 Å². The van der Waals surface area contributed by atoms with Gasteiger partial charge in [0.15, 0.2) is 5.65 Å². The van der Waals surface area contributed by atoms with Gasteiger partial charge in [0, 0.05) is 49.1 Å². The van der Waals surface area contributed by atoms with Gasteiger partial charge in [-0.05, 0) is 36.6 Å². The number of fused-ring (bicyclic) bond motifs is 1. The Kier molecular flexibility index (Phi) is 4.76. The molecule has 136 valence electrons. The molecule has 0 bridgehead atoms. The summed E-state index contributed by atoms with van der Waals surface area (Å²) in [4.78, 5) is 11.0. The first-order chi connectivity index (χ1) is 12.5. The summed E-state index contributed by atoms with van der Waals surface area (Å²) in [5, 5.41) is 0.954. The molecule has 0 saturated heterocycles. The molecule has 0 spiro atoms. The first kappa shape index (κ1) is 17.9. The highest BCUT2D eigenvalue weighted by molar-refractivity contribution is 14.2. The Bertz CT molecular complexity index is 922. The Balaban J connectivity index is 1.66. The second-order valence-electron chi connectivity index (χ2n) is 6.20. The van der Waals surface area contributed by atoms with Crippen LogP contribution in [0.5, 0.6) is 0 Å². The normalized spacial score (nSPS) is 14.8. The number of anilines is 1. The fourth-order valence-corrected chi connectivity index (χ4v) is 4.23. The summed E-state index contributed by atoms with van der Waals surface area (Å²) in [5.41, 5.74) is 1.05. The quantitative estimate of drug-likeness (QED) is 0.445. The number of alkyl halides is 3. The summed E-state index contributed by atoms with van der Waals surface area (Å²) in [7, 11) is 1.53. The van der Waals surface area contributed by atoms with E-state index in [2.05, 4.69) is 36.1 Å². The van der Waals surface area contributed by atoms with Crippen molar-refractivity contribution >= 4 is 47.2 Å². The maximum atomic E-state index is 12.8.